The summed E-state index contributed by atoms with van der Waals surface area (Å²) in [7, 11) is 4.34. The number of rotatable bonds is 5. The second-order valence-corrected chi connectivity index (χ2v) is 4.62. The van der Waals surface area contributed by atoms with Crippen molar-refractivity contribution in [3.8, 4) is 0 Å². The first kappa shape index (κ1) is 10.1. The molecule has 0 unspecified atom stereocenters. The minimum absolute atomic E-state index is 0.0370. The van der Waals surface area contributed by atoms with Crippen LogP contribution < -0.4 is 0 Å². The summed E-state index contributed by atoms with van der Waals surface area (Å²) in [4.78, 5) is 2.28. The van der Waals surface area contributed by atoms with Gasteiger partial charge in [-0.25, -0.2) is 0 Å². The van der Waals surface area contributed by atoms with Crippen LogP contribution in [0.4, 0.5) is 0 Å². The van der Waals surface area contributed by atoms with Crippen molar-refractivity contribution in [1.29, 1.82) is 0 Å². The smallest absolute Gasteiger partial charge is 0.109 e. The van der Waals surface area contributed by atoms with Crippen LogP contribution in [0.3, 0.4) is 0 Å². The molecule has 0 aromatic heterocycles. The van der Waals surface area contributed by atoms with Crippen molar-refractivity contribution >= 4 is 9.68 Å². The normalized spacial score (nSPS) is 12.6. The quantitative estimate of drug-likeness (QED) is 0.520. The zero-order valence-corrected chi connectivity index (χ0v) is 9.14. The molecule has 0 radical (unpaired) electrons. The molecule has 0 aromatic rings. The first-order valence-corrected chi connectivity index (χ1v) is 5.71. The number of nitrogens with zero attached hydrogens (tertiary/aromatic N) is 2. The van der Waals surface area contributed by atoms with E-state index >= 15 is 0 Å². The third kappa shape index (κ3) is 4.96. The molecule has 0 aliphatic rings. The van der Waals surface area contributed by atoms with E-state index in [2.05, 4.69) is 37.4 Å². The van der Waals surface area contributed by atoms with Gasteiger partial charge in [0, 0.05) is 6.17 Å². The fourth-order valence-electron chi connectivity index (χ4n) is 0.881. The Morgan fingerprint density at radius 2 is 1.60 bits per heavy atom. The lowest BCUT2D eigenvalue weighted by Crippen LogP contribution is -2.34. The Morgan fingerprint density at radius 1 is 1.10 bits per heavy atom. The number of hydrogen-bond acceptors (Lipinski definition) is 2. The zero-order valence-electron chi connectivity index (χ0n) is 7.72. The SMILES string of the molecule is CCN(CC)[SiH2]CN(C)C. The van der Waals surface area contributed by atoms with Crippen molar-refractivity contribution in [1.82, 2.24) is 9.47 Å². The maximum atomic E-state index is 2.57. The van der Waals surface area contributed by atoms with Gasteiger partial charge >= 0.3 is 0 Å². The highest BCUT2D eigenvalue weighted by Crippen LogP contribution is 1.83. The Morgan fingerprint density at radius 3 is 1.90 bits per heavy atom. The lowest BCUT2D eigenvalue weighted by Gasteiger charge is -2.19. The molecule has 3 heteroatoms. The van der Waals surface area contributed by atoms with Crippen LogP contribution in [0.15, 0.2) is 0 Å². The molecule has 0 atom stereocenters. The summed E-state index contributed by atoms with van der Waals surface area (Å²) in [6.07, 6.45) is 1.31. The standard InChI is InChI=1S/C7H20N2Si/c1-5-9(6-2)10-7-8(3)4/h5-7,10H2,1-4H3. The molecule has 0 bridgehead atoms. The molecule has 0 saturated heterocycles. The van der Waals surface area contributed by atoms with Gasteiger partial charge in [0.25, 0.3) is 0 Å². The maximum absolute atomic E-state index is 2.57. The number of hydrogen-bond donors (Lipinski definition) is 0. The molecule has 0 N–H and O–H groups in total. The summed E-state index contributed by atoms with van der Waals surface area (Å²) in [6, 6.07) is 0. The summed E-state index contributed by atoms with van der Waals surface area (Å²) in [5.74, 6) is 0. The fraction of sp³-hybridized carbons (Fsp3) is 1.00. The van der Waals surface area contributed by atoms with Crippen LogP contribution in [-0.2, 0) is 0 Å². The highest BCUT2D eigenvalue weighted by atomic mass is 28.2. The van der Waals surface area contributed by atoms with E-state index in [4.69, 9.17) is 0 Å². The van der Waals surface area contributed by atoms with Crippen LogP contribution >= 0.6 is 0 Å². The average Bonchev–Trinajstić information content (AvgIpc) is 1.90. The van der Waals surface area contributed by atoms with Gasteiger partial charge in [-0.15, -0.1) is 0 Å². The third-order valence-corrected chi connectivity index (χ3v) is 4.38. The van der Waals surface area contributed by atoms with Gasteiger partial charge in [-0.3, -0.25) is 0 Å². The molecular formula is C7H20N2Si. The first-order chi connectivity index (χ1) is 4.70. The minimum Gasteiger partial charge on any atom is -0.328 e. The first-order valence-electron chi connectivity index (χ1n) is 4.07. The van der Waals surface area contributed by atoms with Crippen LogP contribution in [0.25, 0.3) is 0 Å². The largest absolute Gasteiger partial charge is 0.328 e. The van der Waals surface area contributed by atoms with Crippen LogP contribution in [0.5, 0.6) is 0 Å². The summed E-state index contributed by atoms with van der Waals surface area (Å²) in [5.41, 5.74) is 0. The van der Waals surface area contributed by atoms with E-state index < -0.39 is 0 Å². The molecule has 0 saturated carbocycles. The Hall–Kier alpha value is 0.137. The van der Waals surface area contributed by atoms with Crippen LogP contribution in [0.2, 0.25) is 0 Å². The van der Waals surface area contributed by atoms with Gasteiger partial charge in [0.1, 0.15) is 9.68 Å². The Balaban J connectivity index is 3.26. The van der Waals surface area contributed by atoms with E-state index in [0.717, 1.165) is 0 Å². The second kappa shape index (κ2) is 5.89. The predicted octanol–water partition coefficient (Wildman–Crippen LogP) is -0.0689. The van der Waals surface area contributed by atoms with Crippen molar-refractivity contribution in [2.75, 3.05) is 33.4 Å². The van der Waals surface area contributed by atoms with E-state index in [1.165, 1.54) is 19.3 Å². The van der Waals surface area contributed by atoms with E-state index in [0.29, 0.717) is 0 Å². The van der Waals surface area contributed by atoms with Gasteiger partial charge in [-0.05, 0) is 27.2 Å². The van der Waals surface area contributed by atoms with Gasteiger partial charge in [0.05, 0.1) is 0 Å². The van der Waals surface area contributed by atoms with Crippen molar-refractivity contribution in [3.05, 3.63) is 0 Å². The molecule has 2 nitrogen and oxygen atoms in total. The predicted molar refractivity (Wildman–Crippen MR) is 50.0 cm³/mol. The van der Waals surface area contributed by atoms with Crippen molar-refractivity contribution in [2.45, 2.75) is 13.8 Å². The van der Waals surface area contributed by atoms with Gasteiger partial charge in [-0.1, -0.05) is 13.8 Å². The lowest BCUT2D eigenvalue weighted by atomic mass is 10.7. The zero-order chi connectivity index (χ0) is 7.98. The molecule has 0 rings (SSSR count). The summed E-state index contributed by atoms with van der Waals surface area (Å²) < 4.78 is 2.57. The van der Waals surface area contributed by atoms with Crippen LogP contribution in [0.1, 0.15) is 13.8 Å². The van der Waals surface area contributed by atoms with E-state index in [1.807, 2.05) is 0 Å². The van der Waals surface area contributed by atoms with E-state index in [1.54, 1.807) is 0 Å². The molecule has 0 heterocycles. The Labute approximate surface area is 67.1 Å². The Kier molecular flexibility index (Phi) is 5.97. The highest BCUT2D eigenvalue weighted by Gasteiger charge is 1.98. The van der Waals surface area contributed by atoms with Crippen molar-refractivity contribution in [3.63, 3.8) is 0 Å². The summed E-state index contributed by atoms with van der Waals surface area (Å²) in [6.45, 7) is 6.95. The Bertz CT molecular complexity index is 72.0. The van der Waals surface area contributed by atoms with Gasteiger partial charge in [-0.2, -0.15) is 0 Å². The van der Waals surface area contributed by atoms with Gasteiger partial charge < -0.3 is 9.47 Å². The van der Waals surface area contributed by atoms with E-state index in [9.17, 15) is 0 Å². The van der Waals surface area contributed by atoms with Crippen molar-refractivity contribution in [2.24, 2.45) is 0 Å². The molecule has 0 aliphatic heterocycles. The minimum atomic E-state index is 0.0370. The molecule has 0 aromatic carbocycles. The average molecular weight is 160 g/mol. The van der Waals surface area contributed by atoms with E-state index in [-0.39, 0.29) is 9.68 Å². The molecular weight excluding hydrogens is 140 g/mol. The summed E-state index contributed by atoms with van der Waals surface area (Å²) in [5, 5.41) is 0. The molecule has 0 aliphatic carbocycles. The molecule has 0 amide bonds. The molecule has 0 fully saturated rings. The maximum Gasteiger partial charge on any atom is 0.109 e. The monoisotopic (exact) mass is 160 g/mol. The van der Waals surface area contributed by atoms with Crippen LogP contribution in [-0.4, -0.2) is 52.5 Å². The highest BCUT2D eigenvalue weighted by molar-refractivity contribution is 6.32. The third-order valence-electron chi connectivity index (χ3n) is 1.76. The topological polar surface area (TPSA) is 6.48 Å². The van der Waals surface area contributed by atoms with Gasteiger partial charge in [0.2, 0.25) is 0 Å². The molecule has 62 valence electrons. The molecule has 10 heavy (non-hydrogen) atoms. The van der Waals surface area contributed by atoms with Crippen molar-refractivity contribution < 1.29 is 0 Å². The molecule has 0 spiro atoms. The van der Waals surface area contributed by atoms with Crippen LogP contribution in [0, 0.1) is 0 Å². The fourth-order valence-corrected chi connectivity index (χ4v) is 2.20. The second-order valence-electron chi connectivity index (χ2n) is 2.83. The summed E-state index contributed by atoms with van der Waals surface area (Å²) >= 11 is 0. The van der Waals surface area contributed by atoms with Gasteiger partial charge in [0.15, 0.2) is 0 Å². The lowest BCUT2D eigenvalue weighted by molar-refractivity contribution is 0.436.